The number of nitrogens with one attached hydrogen (secondary N) is 1. The van der Waals surface area contributed by atoms with Gasteiger partial charge in [0.2, 0.25) is 5.91 Å². The molecule has 0 aliphatic carbocycles. The van der Waals surface area contributed by atoms with E-state index in [0.29, 0.717) is 22.5 Å². The van der Waals surface area contributed by atoms with Crippen LogP contribution in [0, 0.1) is 6.92 Å². The van der Waals surface area contributed by atoms with Crippen molar-refractivity contribution < 1.29 is 4.79 Å². The number of pyridine rings is 1. The molecule has 0 unspecified atom stereocenters. The highest BCUT2D eigenvalue weighted by atomic mass is 16.2. The topological polar surface area (TPSA) is 94.2 Å². The van der Waals surface area contributed by atoms with Crippen molar-refractivity contribution in [3.05, 3.63) is 34.6 Å². The van der Waals surface area contributed by atoms with Gasteiger partial charge in [0.15, 0.2) is 0 Å². The zero-order valence-corrected chi connectivity index (χ0v) is 10.3. The van der Waals surface area contributed by atoms with Crippen molar-refractivity contribution in [2.24, 2.45) is 0 Å². The molecule has 3 aromatic rings. The average Bonchev–Trinajstić information content (AvgIpc) is 2.72. The normalized spacial score (nSPS) is 11.1. The minimum atomic E-state index is -0.366. The molecule has 8 heteroatoms. The molecule has 0 atom stereocenters. The lowest BCUT2D eigenvalue weighted by Gasteiger charge is -2.06. The van der Waals surface area contributed by atoms with E-state index < -0.39 is 0 Å². The number of carbonyl (C=O) groups is 1. The first-order valence-electron chi connectivity index (χ1n) is 5.57. The van der Waals surface area contributed by atoms with Crippen LogP contribution in [0.15, 0.2) is 23.3 Å². The average molecular weight is 258 g/mol. The first-order valence-corrected chi connectivity index (χ1v) is 5.57. The fraction of sp³-hybridized carbons (Fsp3) is 0.182. The number of hydrogen-bond acceptors (Lipinski definition) is 5. The number of hydrogen-bond donors (Lipinski definition) is 1. The number of carbonyl (C=O) groups excluding carboxylic acids is 1. The van der Waals surface area contributed by atoms with E-state index in [4.69, 9.17) is 0 Å². The molecular weight excluding hydrogens is 248 g/mol. The molecule has 8 nitrogen and oxygen atoms in total. The van der Waals surface area contributed by atoms with Crippen LogP contribution in [0.25, 0.3) is 16.7 Å². The third-order valence-electron chi connectivity index (χ3n) is 2.62. The monoisotopic (exact) mass is 258 g/mol. The molecule has 0 aromatic carbocycles. The highest BCUT2D eigenvalue weighted by Crippen LogP contribution is 2.09. The Labute approximate surface area is 106 Å². The Kier molecular flexibility index (Phi) is 2.31. The fourth-order valence-electron chi connectivity index (χ4n) is 1.88. The van der Waals surface area contributed by atoms with Gasteiger partial charge in [-0.05, 0) is 13.0 Å². The molecule has 19 heavy (non-hydrogen) atoms. The van der Waals surface area contributed by atoms with Gasteiger partial charge in [0.05, 0.1) is 10.9 Å². The molecule has 0 aliphatic heterocycles. The predicted molar refractivity (Wildman–Crippen MR) is 67.3 cm³/mol. The summed E-state index contributed by atoms with van der Waals surface area (Å²) in [6.45, 7) is 3.08. The minimum Gasteiger partial charge on any atom is -0.274 e. The zero-order valence-electron chi connectivity index (χ0n) is 10.3. The summed E-state index contributed by atoms with van der Waals surface area (Å²) in [6, 6.07) is 1.68. The van der Waals surface area contributed by atoms with Crippen LogP contribution in [0.3, 0.4) is 0 Å². The second-order valence-electron chi connectivity index (χ2n) is 4.09. The van der Waals surface area contributed by atoms with Crippen LogP contribution in [-0.4, -0.2) is 30.2 Å². The van der Waals surface area contributed by atoms with Crippen molar-refractivity contribution >= 4 is 22.6 Å². The lowest BCUT2D eigenvalue weighted by molar-refractivity contribution is -0.115. The van der Waals surface area contributed by atoms with Crippen LogP contribution in [0.5, 0.6) is 0 Å². The Balaban J connectivity index is 2.35. The van der Waals surface area contributed by atoms with Gasteiger partial charge in [-0.15, -0.1) is 5.10 Å². The summed E-state index contributed by atoms with van der Waals surface area (Å²) in [5.74, 6) is 0.680. The van der Waals surface area contributed by atoms with Gasteiger partial charge in [0.25, 0.3) is 11.3 Å². The highest BCUT2D eigenvalue weighted by Gasteiger charge is 2.10. The van der Waals surface area contributed by atoms with Crippen LogP contribution in [0.1, 0.15) is 12.7 Å². The smallest absolute Gasteiger partial charge is 0.274 e. The molecule has 0 fully saturated rings. The lowest BCUT2D eigenvalue weighted by Crippen LogP contribution is -2.31. The molecule has 1 amide bonds. The van der Waals surface area contributed by atoms with Crippen LogP contribution in [0.4, 0.5) is 0 Å². The van der Waals surface area contributed by atoms with Crippen molar-refractivity contribution in [2.75, 3.05) is 5.43 Å². The maximum atomic E-state index is 12.2. The van der Waals surface area contributed by atoms with Gasteiger partial charge in [-0.1, -0.05) is 0 Å². The molecule has 96 valence electrons. The number of aryl methyl sites for hydroxylation is 1. The van der Waals surface area contributed by atoms with E-state index in [1.807, 2.05) is 0 Å². The molecule has 0 aliphatic rings. The van der Waals surface area contributed by atoms with E-state index in [2.05, 4.69) is 20.5 Å². The quantitative estimate of drug-likeness (QED) is 0.654. The molecule has 0 saturated carbocycles. The second-order valence-corrected chi connectivity index (χ2v) is 4.09. The van der Waals surface area contributed by atoms with Crippen molar-refractivity contribution in [3.8, 4) is 0 Å². The molecular formula is C11H10N6O2. The molecule has 1 N–H and O–H groups in total. The number of nitrogens with zero attached hydrogens (tertiary/aromatic N) is 5. The Morgan fingerprint density at radius 3 is 2.95 bits per heavy atom. The molecule has 3 aromatic heterocycles. The van der Waals surface area contributed by atoms with Crippen molar-refractivity contribution in [3.63, 3.8) is 0 Å². The lowest BCUT2D eigenvalue weighted by atomic mass is 10.3. The van der Waals surface area contributed by atoms with E-state index >= 15 is 0 Å². The fourth-order valence-corrected chi connectivity index (χ4v) is 1.88. The van der Waals surface area contributed by atoms with Crippen molar-refractivity contribution in [1.82, 2.24) is 24.3 Å². The maximum Gasteiger partial charge on any atom is 0.280 e. The first-order chi connectivity index (χ1) is 9.06. The van der Waals surface area contributed by atoms with Gasteiger partial charge < -0.3 is 0 Å². The van der Waals surface area contributed by atoms with Gasteiger partial charge in [-0.3, -0.25) is 15.0 Å². The number of rotatable bonds is 1. The molecule has 0 spiro atoms. The SMILES string of the molecule is CC(=O)Nn1ccc2c(cnc3nc(C)nn32)c1=O. The Bertz CT molecular complexity index is 863. The van der Waals surface area contributed by atoms with Gasteiger partial charge in [0, 0.05) is 19.3 Å². The highest BCUT2D eigenvalue weighted by molar-refractivity contribution is 5.82. The summed E-state index contributed by atoms with van der Waals surface area (Å²) in [6.07, 6.45) is 2.90. The summed E-state index contributed by atoms with van der Waals surface area (Å²) in [5, 5.41) is 4.54. The van der Waals surface area contributed by atoms with Crippen LogP contribution in [-0.2, 0) is 4.79 Å². The Morgan fingerprint density at radius 1 is 1.42 bits per heavy atom. The molecule has 3 rings (SSSR count). The van der Waals surface area contributed by atoms with Crippen LogP contribution >= 0.6 is 0 Å². The van der Waals surface area contributed by atoms with Crippen molar-refractivity contribution in [1.29, 1.82) is 0 Å². The molecule has 0 bridgehead atoms. The largest absolute Gasteiger partial charge is 0.280 e. The van der Waals surface area contributed by atoms with Gasteiger partial charge >= 0.3 is 0 Å². The van der Waals surface area contributed by atoms with Gasteiger partial charge in [-0.25, -0.2) is 9.66 Å². The number of amides is 1. The summed E-state index contributed by atoms with van der Waals surface area (Å²) >= 11 is 0. The summed E-state index contributed by atoms with van der Waals surface area (Å²) < 4.78 is 2.62. The number of fused-ring (bicyclic) bond motifs is 3. The summed E-state index contributed by atoms with van der Waals surface area (Å²) in [5.41, 5.74) is 2.64. The third-order valence-corrected chi connectivity index (χ3v) is 2.62. The van der Waals surface area contributed by atoms with Gasteiger partial charge in [0.1, 0.15) is 5.82 Å². The number of aromatic nitrogens is 5. The molecule has 3 heterocycles. The summed E-state index contributed by atoms with van der Waals surface area (Å²) in [7, 11) is 0. The van der Waals surface area contributed by atoms with E-state index in [-0.39, 0.29) is 11.5 Å². The maximum absolute atomic E-state index is 12.2. The standard InChI is InChI=1S/C11H10N6O2/c1-6-13-11-12-5-8-9(17(11)14-6)3-4-16(10(8)19)15-7(2)18/h3-5H,1-2H3,(H,15,18). The summed E-state index contributed by atoms with van der Waals surface area (Å²) in [4.78, 5) is 31.4. The predicted octanol–water partition coefficient (Wildman–Crippen LogP) is -0.162. The first kappa shape index (κ1) is 11.3. The molecule has 0 saturated heterocycles. The van der Waals surface area contributed by atoms with E-state index in [1.54, 1.807) is 13.0 Å². The van der Waals surface area contributed by atoms with E-state index in [9.17, 15) is 9.59 Å². The van der Waals surface area contributed by atoms with Gasteiger partial charge in [-0.2, -0.15) is 9.50 Å². The van der Waals surface area contributed by atoms with Crippen LogP contribution < -0.4 is 11.0 Å². The zero-order chi connectivity index (χ0) is 13.6. The minimum absolute atomic E-state index is 0.327. The van der Waals surface area contributed by atoms with Crippen molar-refractivity contribution in [2.45, 2.75) is 13.8 Å². The Morgan fingerprint density at radius 2 is 2.21 bits per heavy atom. The van der Waals surface area contributed by atoms with E-state index in [0.717, 1.165) is 4.68 Å². The third kappa shape index (κ3) is 1.73. The van der Waals surface area contributed by atoms with Crippen LogP contribution in [0.2, 0.25) is 0 Å². The second kappa shape index (κ2) is 3.87. The Hall–Kier alpha value is -2.77. The van der Waals surface area contributed by atoms with E-state index in [1.165, 1.54) is 23.8 Å². The molecule has 0 radical (unpaired) electrons.